The smallest absolute Gasteiger partial charge is 0.294 e. The number of aromatic nitrogens is 3. The standard InChI is InChI=1S/C40H49N9O6/c1-54-36-22-29(5-6-30(36)38(51)42-31-7-8-37(50)44-39(31)52)47-19-10-26(11-20-47)24-46-17-12-28(13-18-46)49-25-27-21-33(43-40(53)35-9-14-41-55-35)34(23-32(27)45-49)48-15-3-2-4-16-48/h5-6,9,14,21-23,25-26,28,31H,2-4,7-8,10-13,15-20,24H2,1H3,(H,42,51)(H,43,53)(H,44,50,52)/t31-/m0/s1. The van der Waals surface area contributed by atoms with Crippen LogP contribution in [0.1, 0.15) is 84.7 Å². The first kappa shape index (κ1) is 36.5. The maximum absolute atomic E-state index is 13.0. The molecule has 8 rings (SSSR count). The van der Waals surface area contributed by atoms with Crippen molar-refractivity contribution < 1.29 is 28.4 Å². The lowest BCUT2D eigenvalue weighted by atomic mass is 9.94. The topological polar surface area (TPSA) is 167 Å². The molecule has 0 saturated carbocycles. The Bertz CT molecular complexity index is 2030. The highest BCUT2D eigenvalue weighted by Gasteiger charge is 2.30. The maximum atomic E-state index is 13.0. The van der Waals surface area contributed by atoms with Crippen LogP contribution in [0.3, 0.4) is 0 Å². The van der Waals surface area contributed by atoms with Gasteiger partial charge in [0.05, 0.1) is 41.8 Å². The van der Waals surface area contributed by atoms with Crippen molar-refractivity contribution in [2.24, 2.45) is 5.92 Å². The van der Waals surface area contributed by atoms with Crippen LogP contribution in [0.5, 0.6) is 5.75 Å². The van der Waals surface area contributed by atoms with Gasteiger partial charge in [0.2, 0.25) is 17.6 Å². The van der Waals surface area contributed by atoms with Crippen LogP contribution in [0.4, 0.5) is 17.1 Å². The van der Waals surface area contributed by atoms with Crippen molar-refractivity contribution in [3.05, 3.63) is 60.1 Å². The molecule has 2 aromatic carbocycles. The Hall–Kier alpha value is -5.44. The molecule has 4 aliphatic heterocycles. The molecule has 0 radical (unpaired) electrons. The Morgan fingerprint density at radius 2 is 1.71 bits per heavy atom. The van der Waals surface area contributed by atoms with Crippen molar-refractivity contribution in [2.75, 3.05) is 68.0 Å². The van der Waals surface area contributed by atoms with Crippen LogP contribution in [0.25, 0.3) is 10.9 Å². The Morgan fingerprint density at radius 1 is 0.909 bits per heavy atom. The van der Waals surface area contributed by atoms with Gasteiger partial charge < -0.3 is 34.6 Å². The number of carbonyl (C=O) groups is 4. The predicted molar refractivity (Wildman–Crippen MR) is 207 cm³/mol. The number of hydrogen-bond donors (Lipinski definition) is 3. The lowest BCUT2D eigenvalue weighted by molar-refractivity contribution is -0.134. The number of nitrogens with one attached hydrogen (secondary N) is 3. The molecule has 4 fully saturated rings. The Labute approximate surface area is 319 Å². The zero-order valence-corrected chi connectivity index (χ0v) is 31.3. The second-order valence-electron chi connectivity index (χ2n) is 15.2. The molecule has 15 heteroatoms. The van der Waals surface area contributed by atoms with Crippen molar-refractivity contribution in [2.45, 2.75) is 69.9 Å². The molecule has 4 amide bonds. The fourth-order valence-corrected chi connectivity index (χ4v) is 8.52. The van der Waals surface area contributed by atoms with Crippen LogP contribution >= 0.6 is 0 Å². The molecule has 4 saturated heterocycles. The number of piperidine rings is 4. The monoisotopic (exact) mass is 751 g/mol. The third-order valence-electron chi connectivity index (χ3n) is 11.6. The van der Waals surface area contributed by atoms with Gasteiger partial charge in [-0.2, -0.15) is 5.10 Å². The number of anilines is 3. The highest BCUT2D eigenvalue weighted by molar-refractivity contribution is 6.06. The normalized spacial score (nSPS) is 20.4. The molecule has 4 aliphatic rings. The number of benzene rings is 2. The van der Waals surface area contributed by atoms with Crippen LogP contribution in [-0.2, 0) is 9.59 Å². The summed E-state index contributed by atoms with van der Waals surface area (Å²) < 4.78 is 12.8. The molecule has 55 heavy (non-hydrogen) atoms. The van der Waals surface area contributed by atoms with E-state index in [0.717, 1.165) is 112 Å². The molecule has 0 unspecified atom stereocenters. The third kappa shape index (κ3) is 8.16. The summed E-state index contributed by atoms with van der Waals surface area (Å²) in [5, 5.41) is 17.9. The Morgan fingerprint density at radius 3 is 2.44 bits per heavy atom. The summed E-state index contributed by atoms with van der Waals surface area (Å²) in [6.07, 6.45) is 11.8. The zero-order valence-electron chi connectivity index (χ0n) is 31.3. The number of fused-ring (bicyclic) bond motifs is 1. The SMILES string of the molecule is COc1cc(N2CCC(CN3CCC(n4cc5cc(NC(=O)c6ccno6)c(N6CCCCC6)cc5n4)CC3)CC2)ccc1C(=O)N[C@H]1CCC(=O)NC1=O. The molecule has 0 spiro atoms. The molecule has 4 aromatic rings. The van der Waals surface area contributed by atoms with Crippen molar-refractivity contribution in [3.8, 4) is 5.75 Å². The number of hydrogen-bond acceptors (Lipinski definition) is 11. The Kier molecular flexibility index (Phi) is 10.7. The molecule has 290 valence electrons. The minimum Gasteiger partial charge on any atom is -0.496 e. The van der Waals surface area contributed by atoms with Crippen LogP contribution < -0.4 is 30.5 Å². The first-order valence-corrected chi connectivity index (χ1v) is 19.6. The molecular formula is C40H49N9O6. The van der Waals surface area contributed by atoms with E-state index in [9.17, 15) is 19.2 Å². The van der Waals surface area contributed by atoms with Crippen molar-refractivity contribution in [1.29, 1.82) is 0 Å². The van der Waals surface area contributed by atoms with E-state index in [0.29, 0.717) is 23.3 Å². The van der Waals surface area contributed by atoms with Gasteiger partial charge in [0.1, 0.15) is 11.8 Å². The van der Waals surface area contributed by atoms with Crippen molar-refractivity contribution in [3.63, 3.8) is 0 Å². The number of amides is 4. The van der Waals surface area contributed by atoms with E-state index in [4.69, 9.17) is 14.4 Å². The van der Waals surface area contributed by atoms with E-state index in [1.807, 2.05) is 18.2 Å². The van der Waals surface area contributed by atoms with Gasteiger partial charge in [-0.25, -0.2) is 0 Å². The number of carbonyl (C=O) groups excluding carboxylic acids is 4. The van der Waals surface area contributed by atoms with E-state index < -0.39 is 17.9 Å². The lowest BCUT2D eigenvalue weighted by Crippen LogP contribution is -2.52. The van der Waals surface area contributed by atoms with Crippen LogP contribution in [-0.4, -0.2) is 102 Å². The molecule has 1 atom stereocenters. The van der Waals surface area contributed by atoms with Gasteiger partial charge in [-0.3, -0.25) is 29.2 Å². The van der Waals surface area contributed by atoms with Crippen LogP contribution in [0.2, 0.25) is 0 Å². The van der Waals surface area contributed by atoms with Gasteiger partial charge in [-0.05, 0) is 81.5 Å². The number of imide groups is 1. The number of likely N-dealkylation sites (tertiary alicyclic amines) is 1. The summed E-state index contributed by atoms with van der Waals surface area (Å²) in [4.78, 5) is 56.9. The van der Waals surface area contributed by atoms with Gasteiger partial charge in [-0.1, -0.05) is 5.16 Å². The van der Waals surface area contributed by atoms with E-state index in [-0.39, 0.29) is 30.4 Å². The van der Waals surface area contributed by atoms with E-state index >= 15 is 0 Å². The predicted octanol–water partition coefficient (Wildman–Crippen LogP) is 4.36. The lowest BCUT2D eigenvalue weighted by Gasteiger charge is -2.38. The fourth-order valence-electron chi connectivity index (χ4n) is 8.52. The van der Waals surface area contributed by atoms with Crippen LogP contribution in [0.15, 0.2) is 53.3 Å². The van der Waals surface area contributed by atoms with Gasteiger partial charge in [0.15, 0.2) is 0 Å². The summed E-state index contributed by atoms with van der Waals surface area (Å²) in [6, 6.07) is 10.9. The molecule has 0 aliphatic carbocycles. The van der Waals surface area contributed by atoms with Crippen LogP contribution in [0, 0.1) is 5.92 Å². The summed E-state index contributed by atoms with van der Waals surface area (Å²) in [5.74, 6) is -0.272. The number of rotatable bonds is 10. The summed E-state index contributed by atoms with van der Waals surface area (Å²) in [6.45, 7) is 6.88. The fraction of sp³-hybridized carbons (Fsp3) is 0.500. The molecule has 15 nitrogen and oxygen atoms in total. The summed E-state index contributed by atoms with van der Waals surface area (Å²) >= 11 is 0. The second kappa shape index (κ2) is 16.1. The quantitative estimate of drug-likeness (QED) is 0.197. The summed E-state index contributed by atoms with van der Waals surface area (Å²) in [7, 11) is 1.54. The zero-order chi connectivity index (χ0) is 37.9. The first-order valence-electron chi connectivity index (χ1n) is 19.6. The summed E-state index contributed by atoms with van der Waals surface area (Å²) in [5.41, 5.74) is 4.07. The van der Waals surface area contributed by atoms with E-state index in [1.54, 1.807) is 19.2 Å². The molecule has 0 bridgehead atoms. The highest BCUT2D eigenvalue weighted by atomic mass is 16.5. The number of methoxy groups -OCH3 is 1. The Balaban J connectivity index is 0.845. The van der Waals surface area contributed by atoms with Crippen molar-refractivity contribution >= 4 is 51.6 Å². The van der Waals surface area contributed by atoms with Gasteiger partial charge in [0.25, 0.3) is 11.8 Å². The van der Waals surface area contributed by atoms with Crippen molar-refractivity contribution in [1.82, 2.24) is 30.5 Å². The molecular weight excluding hydrogens is 702 g/mol. The number of nitrogens with zero attached hydrogens (tertiary/aromatic N) is 6. The molecule has 2 aromatic heterocycles. The first-order chi connectivity index (χ1) is 26.8. The molecule has 6 heterocycles. The average Bonchev–Trinajstić information content (AvgIpc) is 3.90. The maximum Gasteiger partial charge on any atom is 0.294 e. The highest BCUT2D eigenvalue weighted by Crippen LogP contribution is 2.35. The average molecular weight is 752 g/mol. The second-order valence-corrected chi connectivity index (χ2v) is 15.2. The minimum atomic E-state index is -0.745. The van der Waals surface area contributed by atoms with E-state index in [2.05, 4.69) is 52.8 Å². The van der Waals surface area contributed by atoms with E-state index in [1.165, 1.54) is 12.6 Å². The third-order valence-corrected chi connectivity index (χ3v) is 11.6. The van der Waals surface area contributed by atoms with Gasteiger partial charge >= 0.3 is 0 Å². The minimum absolute atomic E-state index is 0.182. The van der Waals surface area contributed by atoms with Gasteiger partial charge in [0, 0.05) is 81.6 Å². The number of ether oxygens (including phenoxy) is 1. The van der Waals surface area contributed by atoms with Gasteiger partial charge in [-0.15, -0.1) is 0 Å². The molecule has 3 N–H and O–H groups in total. The largest absolute Gasteiger partial charge is 0.496 e.